The molecule has 1 aromatic rings. The maximum atomic E-state index is 6.45. The van der Waals surface area contributed by atoms with Crippen molar-refractivity contribution in [3.05, 3.63) is 34.9 Å². The fourth-order valence-corrected chi connectivity index (χ4v) is 3.29. The summed E-state index contributed by atoms with van der Waals surface area (Å²) in [5, 5.41) is 0. The standard InChI is InChI=1S/C17H28N2/c1-12(2)11-19-10-6-9-16(18)17(19)15-8-5-7-13(3)14(15)4/h5,7-8,12,16-17H,6,9-11,18H2,1-4H3. The van der Waals surface area contributed by atoms with Crippen molar-refractivity contribution in [3.63, 3.8) is 0 Å². The molecule has 19 heavy (non-hydrogen) atoms. The maximum absolute atomic E-state index is 6.45. The summed E-state index contributed by atoms with van der Waals surface area (Å²) in [6, 6.07) is 7.31. The van der Waals surface area contributed by atoms with Gasteiger partial charge in [-0.1, -0.05) is 32.0 Å². The second kappa shape index (κ2) is 6.06. The molecule has 2 nitrogen and oxygen atoms in total. The van der Waals surface area contributed by atoms with E-state index in [-0.39, 0.29) is 6.04 Å². The van der Waals surface area contributed by atoms with Crippen LogP contribution in [0.5, 0.6) is 0 Å². The molecule has 2 N–H and O–H groups in total. The van der Waals surface area contributed by atoms with E-state index in [1.54, 1.807) is 0 Å². The van der Waals surface area contributed by atoms with Gasteiger partial charge in [-0.15, -0.1) is 0 Å². The molecule has 1 saturated heterocycles. The summed E-state index contributed by atoms with van der Waals surface area (Å²) in [6.07, 6.45) is 2.38. The van der Waals surface area contributed by atoms with Gasteiger partial charge < -0.3 is 5.73 Å². The maximum Gasteiger partial charge on any atom is 0.0501 e. The van der Waals surface area contributed by atoms with E-state index in [0.29, 0.717) is 12.0 Å². The van der Waals surface area contributed by atoms with E-state index in [1.807, 2.05) is 0 Å². The quantitative estimate of drug-likeness (QED) is 0.902. The Morgan fingerprint density at radius 1 is 1.32 bits per heavy atom. The minimum Gasteiger partial charge on any atom is -0.326 e. The number of rotatable bonds is 3. The van der Waals surface area contributed by atoms with E-state index in [4.69, 9.17) is 5.73 Å². The Morgan fingerprint density at radius 3 is 2.74 bits per heavy atom. The molecule has 2 heteroatoms. The smallest absolute Gasteiger partial charge is 0.0501 e. The summed E-state index contributed by atoms with van der Waals surface area (Å²) in [5.41, 5.74) is 10.7. The van der Waals surface area contributed by atoms with Crippen LogP contribution in [0.4, 0.5) is 0 Å². The third-order valence-electron chi connectivity index (χ3n) is 4.35. The van der Waals surface area contributed by atoms with Gasteiger partial charge in [0.05, 0.1) is 6.04 Å². The average Bonchev–Trinajstić information content (AvgIpc) is 2.33. The summed E-state index contributed by atoms with van der Waals surface area (Å²) >= 11 is 0. The van der Waals surface area contributed by atoms with Crippen molar-refractivity contribution < 1.29 is 0 Å². The van der Waals surface area contributed by atoms with Gasteiger partial charge in [0, 0.05) is 12.6 Å². The van der Waals surface area contributed by atoms with Gasteiger partial charge in [0.15, 0.2) is 0 Å². The molecule has 0 spiro atoms. The van der Waals surface area contributed by atoms with Gasteiger partial charge in [0.1, 0.15) is 0 Å². The van der Waals surface area contributed by atoms with Crippen LogP contribution in [0.25, 0.3) is 0 Å². The normalized spacial score (nSPS) is 24.9. The number of likely N-dealkylation sites (tertiary alicyclic amines) is 1. The molecule has 0 saturated carbocycles. The van der Waals surface area contributed by atoms with Gasteiger partial charge >= 0.3 is 0 Å². The van der Waals surface area contributed by atoms with Crippen molar-refractivity contribution in [1.82, 2.24) is 4.90 Å². The molecule has 1 fully saturated rings. The van der Waals surface area contributed by atoms with Gasteiger partial charge in [-0.2, -0.15) is 0 Å². The molecule has 0 aliphatic carbocycles. The van der Waals surface area contributed by atoms with Crippen LogP contribution in [0.2, 0.25) is 0 Å². The van der Waals surface area contributed by atoms with Crippen molar-refractivity contribution in [2.75, 3.05) is 13.1 Å². The van der Waals surface area contributed by atoms with Crippen LogP contribution < -0.4 is 5.73 Å². The van der Waals surface area contributed by atoms with E-state index in [2.05, 4.69) is 50.8 Å². The number of hydrogen-bond acceptors (Lipinski definition) is 2. The fourth-order valence-electron chi connectivity index (χ4n) is 3.29. The first-order valence-electron chi connectivity index (χ1n) is 7.56. The van der Waals surface area contributed by atoms with Crippen LogP contribution in [0.15, 0.2) is 18.2 Å². The number of nitrogens with zero attached hydrogens (tertiary/aromatic N) is 1. The number of aryl methyl sites for hydroxylation is 1. The second-order valence-corrected chi connectivity index (χ2v) is 6.43. The average molecular weight is 260 g/mol. The summed E-state index contributed by atoms with van der Waals surface area (Å²) in [5.74, 6) is 0.693. The topological polar surface area (TPSA) is 29.3 Å². The van der Waals surface area contributed by atoms with Gasteiger partial charge in [-0.05, 0) is 55.8 Å². The van der Waals surface area contributed by atoms with Crippen LogP contribution in [0.3, 0.4) is 0 Å². The minimum atomic E-state index is 0.271. The Balaban J connectivity index is 2.33. The molecule has 0 bridgehead atoms. The van der Waals surface area contributed by atoms with Gasteiger partial charge in [-0.25, -0.2) is 0 Å². The molecule has 1 aromatic carbocycles. The third kappa shape index (κ3) is 3.18. The van der Waals surface area contributed by atoms with Gasteiger partial charge in [0.25, 0.3) is 0 Å². The molecular formula is C17H28N2. The lowest BCUT2D eigenvalue weighted by molar-refractivity contribution is 0.113. The van der Waals surface area contributed by atoms with Crippen molar-refractivity contribution in [1.29, 1.82) is 0 Å². The van der Waals surface area contributed by atoms with Crippen LogP contribution in [0, 0.1) is 19.8 Å². The Labute approximate surface area is 118 Å². The van der Waals surface area contributed by atoms with E-state index in [1.165, 1.54) is 29.7 Å². The molecule has 2 unspecified atom stereocenters. The molecule has 0 amide bonds. The predicted molar refractivity (Wildman–Crippen MR) is 82.3 cm³/mol. The van der Waals surface area contributed by atoms with Crippen LogP contribution in [-0.4, -0.2) is 24.0 Å². The van der Waals surface area contributed by atoms with Crippen molar-refractivity contribution in [2.24, 2.45) is 11.7 Å². The van der Waals surface area contributed by atoms with Crippen molar-refractivity contribution in [2.45, 2.75) is 52.6 Å². The molecule has 1 aliphatic heterocycles. The molecule has 0 aromatic heterocycles. The highest BCUT2D eigenvalue weighted by molar-refractivity contribution is 5.36. The summed E-state index contributed by atoms with van der Waals surface area (Å²) in [6.45, 7) is 11.3. The zero-order valence-electron chi connectivity index (χ0n) is 12.8. The Hall–Kier alpha value is -0.860. The lowest BCUT2D eigenvalue weighted by atomic mass is 9.87. The first-order valence-corrected chi connectivity index (χ1v) is 7.56. The minimum absolute atomic E-state index is 0.271. The number of hydrogen-bond donors (Lipinski definition) is 1. The van der Waals surface area contributed by atoms with E-state index >= 15 is 0 Å². The zero-order valence-corrected chi connectivity index (χ0v) is 12.8. The molecule has 0 radical (unpaired) electrons. The lowest BCUT2D eigenvalue weighted by Crippen LogP contribution is -2.47. The monoisotopic (exact) mass is 260 g/mol. The zero-order chi connectivity index (χ0) is 14.0. The van der Waals surface area contributed by atoms with E-state index in [0.717, 1.165) is 13.0 Å². The van der Waals surface area contributed by atoms with Crippen molar-refractivity contribution in [3.8, 4) is 0 Å². The summed E-state index contributed by atoms with van der Waals surface area (Å²) in [4.78, 5) is 2.60. The van der Waals surface area contributed by atoms with Crippen LogP contribution >= 0.6 is 0 Å². The summed E-state index contributed by atoms with van der Waals surface area (Å²) in [7, 11) is 0. The number of nitrogens with two attached hydrogens (primary N) is 1. The molecule has 1 aliphatic rings. The highest BCUT2D eigenvalue weighted by atomic mass is 15.2. The predicted octanol–water partition coefficient (Wildman–Crippen LogP) is 3.42. The highest BCUT2D eigenvalue weighted by Gasteiger charge is 2.31. The molecule has 2 atom stereocenters. The Kier molecular flexibility index (Phi) is 4.64. The molecule has 2 rings (SSSR count). The number of piperidine rings is 1. The Morgan fingerprint density at radius 2 is 2.05 bits per heavy atom. The third-order valence-corrected chi connectivity index (χ3v) is 4.35. The first kappa shape index (κ1) is 14.5. The number of benzene rings is 1. The molecule has 1 heterocycles. The SMILES string of the molecule is Cc1cccc(C2C(N)CCCN2CC(C)C)c1C. The van der Waals surface area contributed by atoms with Crippen LogP contribution in [-0.2, 0) is 0 Å². The first-order chi connectivity index (χ1) is 9.00. The van der Waals surface area contributed by atoms with Crippen LogP contribution in [0.1, 0.15) is 49.4 Å². The summed E-state index contributed by atoms with van der Waals surface area (Å²) < 4.78 is 0. The van der Waals surface area contributed by atoms with E-state index in [9.17, 15) is 0 Å². The highest BCUT2D eigenvalue weighted by Crippen LogP contribution is 2.33. The molecule has 106 valence electrons. The largest absolute Gasteiger partial charge is 0.326 e. The second-order valence-electron chi connectivity index (χ2n) is 6.43. The fraction of sp³-hybridized carbons (Fsp3) is 0.647. The van der Waals surface area contributed by atoms with Gasteiger partial charge in [-0.3, -0.25) is 4.90 Å². The molecular weight excluding hydrogens is 232 g/mol. The van der Waals surface area contributed by atoms with Gasteiger partial charge in [0.2, 0.25) is 0 Å². The Bertz CT molecular complexity index is 425. The van der Waals surface area contributed by atoms with Crippen molar-refractivity contribution >= 4 is 0 Å². The van der Waals surface area contributed by atoms with E-state index < -0.39 is 0 Å². The lowest BCUT2D eigenvalue weighted by Gasteiger charge is -2.41.